The van der Waals surface area contributed by atoms with E-state index >= 15 is 0 Å². The highest BCUT2D eigenvalue weighted by Gasteiger charge is 2.42. The van der Waals surface area contributed by atoms with Crippen molar-refractivity contribution in [3.05, 3.63) is 23.8 Å². The Hall–Kier alpha value is -1.09. The van der Waals surface area contributed by atoms with E-state index in [4.69, 9.17) is 0 Å². The Kier molecular flexibility index (Phi) is 10.8. The molecule has 3 unspecified atom stereocenters. The number of aliphatic imine (C=N–C) groups is 1. The Morgan fingerprint density at radius 2 is 2.03 bits per heavy atom. The number of rotatable bonds is 9. The topological polar surface area (TPSA) is 27.6 Å². The first-order valence-electron chi connectivity index (χ1n) is 13.2. The van der Waals surface area contributed by atoms with Gasteiger partial charge < -0.3 is 5.32 Å². The van der Waals surface area contributed by atoms with Crippen LogP contribution in [-0.4, -0.2) is 44.0 Å². The summed E-state index contributed by atoms with van der Waals surface area (Å²) in [5.41, 5.74) is 2.07. The fourth-order valence-corrected chi connectivity index (χ4v) is 6.54. The summed E-state index contributed by atoms with van der Waals surface area (Å²) in [6.07, 6.45) is 19.0. The largest absolute Gasteiger partial charge is 0.372 e. The maximum atomic E-state index is 4.57. The number of allylic oxidation sites excluding steroid dienone is 3. The minimum atomic E-state index is 0.367. The van der Waals surface area contributed by atoms with Gasteiger partial charge in [-0.1, -0.05) is 64.8 Å². The molecule has 0 radical (unpaired) electrons. The summed E-state index contributed by atoms with van der Waals surface area (Å²) in [4.78, 5) is 7.01. The first-order valence-corrected chi connectivity index (χ1v) is 13.2. The third-order valence-electron chi connectivity index (χ3n) is 8.11. The molecule has 4 atom stereocenters. The molecule has 3 heteroatoms. The highest BCUT2D eigenvalue weighted by Crippen LogP contribution is 2.51. The molecule has 1 saturated heterocycles. The zero-order valence-electron chi connectivity index (χ0n) is 21.7. The number of amidine groups is 1. The van der Waals surface area contributed by atoms with E-state index in [0.29, 0.717) is 23.3 Å². The van der Waals surface area contributed by atoms with Gasteiger partial charge in [0.25, 0.3) is 0 Å². The molecule has 0 amide bonds. The Morgan fingerprint density at radius 1 is 1.26 bits per heavy atom. The van der Waals surface area contributed by atoms with Gasteiger partial charge >= 0.3 is 0 Å². The summed E-state index contributed by atoms with van der Waals surface area (Å²) in [7, 11) is 4.16. The Labute approximate surface area is 193 Å². The monoisotopic (exact) mass is 429 g/mol. The normalized spacial score (nSPS) is 32.3. The first kappa shape index (κ1) is 26.2. The van der Waals surface area contributed by atoms with Gasteiger partial charge in [-0.25, -0.2) is 0 Å². The fourth-order valence-electron chi connectivity index (χ4n) is 6.54. The average molecular weight is 430 g/mol. The van der Waals surface area contributed by atoms with Crippen LogP contribution in [0.1, 0.15) is 92.4 Å². The minimum Gasteiger partial charge on any atom is -0.372 e. The van der Waals surface area contributed by atoms with E-state index < -0.39 is 0 Å². The SMILES string of the molecule is CCC/C=C\C1(CC)CCC/C(=C/CCNC(=NC)[C@@H]2CCCN2C)C(C)C1C(C)C. The van der Waals surface area contributed by atoms with Crippen LogP contribution in [0.4, 0.5) is 0 Å². The number of nitrogens with zero attached hydrogens (tertiary/aromatic N) is 2. The van der Waals surface area contributed by atoms with E-state index in [1.807, 2.05) is 7.05 Å². The molecule has 2 aliphatic rings. The number of hydrogen-bond donors (Lipinski definition) is 1. The quantitative estimate of drug-likeness (QED) is 0.142. The number of hydrogen-bond acceptors (Lipinski definition) is 2. The van der Waals surface area contributed by atoms with Crippen molar-refractivity contribution in [1.82, 2.24) is 10.2 Å². The summed E-state index contributed by atoms with van der Waals surface area (Å²) in [6.45, 7) is 14.3. The van der Waals surface area contributed by atoms with Crippen molar-refractivity contribution >= 4 is 5.84 Å². The van der Waals surface area contributed by atoms with Gasteiger partial charge in [-0.3, -0.25) is 9.89 Å². The van der Waals surface area contributed by atoms with Crippen molar-refractivity contribution in [2.75, 3.05) is 27.2 Å². The zero-order valence-corrected chi connectivity index (χ0v) is 21.7. The molecule has 178 valence electrons. The van der Waals surface area contributed by atoms with E-state index in [2.05, 4.69) is 75.1 Å². The molecular formula is C28H51N3. The lowest BCUT2D eigenvalue weighted by atomic mass is 9.62. The molecule has 1 aliphatic heterocycles. The second-order valence-electron chi connectivity index (χ2n) is 10.4. The zero-order chi connectivity index (χ0) is 22.9. The van der Waals surface area contributed by atoms with E-state index in [0.717, 1.165) is 18.9 Å². The van der Waals surface area contributed by atoms with Crippen molar-refractivity contribution in [3.63, 3.8) is 0 Å². The molecule has 2 rings (SSSR count). The van der Waals surface area contributed by atoms with Gasteiger partial charge in [0.15, 0.2) is 0 Å². The van der Waals surface area contributed by atoms with Crippen LogP contribution in [0.5, 0.6) is 0 Å². The van der Waals surface area contributed by atoms with Crippen molar-refractivity contribution in [2.24, 2.45) is 28.2 Å². The third kappa shape index (κ3) is 6.70. The standard InChI is InChI=1S/C28H51N3/c1-8-10-11-18-28(9-2)19-12-15-24(23(5)26(28)22(3)4)16-13-20-30-27(29-6)25-17-14-21-31(25)7/h11,16,18,22-23,25-26H,8-10,12-15,17,19-21H2,1-7H3,(H,29,30)/b18-11-,24-16-/t23?,25-,26?,28?/m0/s1. The molecule has 0 aromatic heterocycles. The molecule has 3 nitrogen and oxygen atoms in total. The molecule has 1 aliphatic carbocycles. The summed E-state index contributed by atoms with van der Waals surface area (Å²) >= 11 is 0. The second-order valence-corrected chi connectivity index (χ2v) is 10.4. The van der Waals surface area contributed by atoms with Crippen LogP contribution < -0.4 is 5.32 Å². The van der Waals surface area contributed by atoms with Gasteiger partial charge in [0.1, 0.15) is 5.84 Å². The molecule has 1 N–H and O–H groups in total. The van der Waals surface area contributed by atoms with Gasteiger partial charge in [-0.2, -0.15) is 0 Å². The molecule has 0 spiro atoms. The van der Waals surface area contributed by atoms with Crippen molar-refractivity contribution in [2.45, 2.75) is 98.4 Å². The summed E-state index contributed by atoms with van der Waals surface area (Å²) in [5, 5.41) is 3.66. The molecule has 2 fully saturated rings. The minimum absolute atomic E-state index is 0.367. The van der Waals surface area contributed by atoms with Crippen LogP contribution >= 0.6 is 0 Å². The lowest BCUT2D eigenvalue weighted by molar-refractivity contribution is 0.118. The fraction of sp³-hybridized carbons (Fsp3) is 0.821. The van der Waals surface area contributed by atoms with Crippen LogP contribution in [0.2, 0.25) is 0 Å². The predicted molar refractivity (Wildman–Crippen MR) is 138 cm³/mol. The number of likely N-dealkylation sites (tertiary alicyclic amines) is 1. The highest BCUT2D eigenvalue weighted by atomic mass is 15.2. The average Bonchev–Trinajstić information content (AvgIpc) is 3.11. The number of likely N-dealkylation sites (N-methyl/N-ethyl adjacent to an activating group) is 1. The van der Waals surface area contributed by atoms with Gasteiger partial charge in [0.2, 0.25) is 0 Å². The molecule has 0 bridgehead atoms. The molecule has 0 aromatic carbocycles. The molecule has 0 aromatic rings. The highest BCUT2D eigenvalue weighted by molar-refractivity contribution is 5.87. The van der Waals surface area contributed by atoms with Crippen LogP contribution in [0, 0.1) is 23.2 Å². The number of unbranched alkanes of at least 4 members (excludes halogenated alkanes) is 1. The Bertz CT molecular complexity index is 618. The Balaban J connectivity index is 2.07. The van der Waals surface area contributed by atoms with Gasteiger partial charge in [-0.05, 0) is 88.1 Å². The third-order valence-corrected chi connectivity index (χ3v) is 8.11. The molecule has 31 heavy (non-hydrogen) atoms. The van der Waals surface area contributed by atoms with Gasteiger partial charge in [-0.15, -0.1) is 0 Å². The summed E-state index contributed by atoms with van der Waals surface area (Å²) in [5.74, 6) is 3.28. The molecule has 1 saturated carbocycles. The summed E-state index contributed by atoms with van der Waals surface area (Å²) in [6, 6.07) is 0.486. The lowest BCUT2D eigenvalue weighted by Crippen LogP contribution is -2.41. The summed E-state index contributed by atoms with van der Waals surface area (Å²) < 4.78 is 0. The van der Waals surface area contributed by atoms with Crippen molar-refractivity contribution in [3.8, 4) is 0 Å². The van der Waals surface area contributed by atoms with E-state index in [1.165, 1.54) is 63.7 Å². The number of nitrogens with one attached hydrogen (secondary N) is 1. The van der Waals surface area contributed by atoms with Gasteiger partial charge in [0, 0.05) is 13.6 Å². The molecular weight excluding hydrogens is 378 g/mol. The predicted octanol–water partition coefficient (Wildman–Crippen LogP) is 6.86. The maximum Gasteiger partial charge on any atom is 0.113 e. The maximum absolute atomic E-state index is 4.57. The smallest absolute Gasteiger partial charge is 0.113 e. The van der Waals surface area contributed by atoms with Crippen molar-refractivity contribution < 1.29 is 0 Å². The molecule has 1 heterocycles. The van der Waals surface area contributed by atoms with Crippen LogP contribution in [0.15, 0.2) is 28.8 Å². The van der Waals surface area contributed by atoms with Crippen LogP contribution in [0.3, 0.4) is 0 Å². The van der Waals surface area contributed by atoms with Gasteiger partial charge in [0.05, 0.1) is 6.04 Å². The van der Waals surface area contributed by atoms with E-state index in [1.54, 1.807) is 5.57 Å². The van der Waals surface area contributed by atoms with Crippen LogP contribution in [-0.2, 0) is 0 Å². The van der Waals surface area contributed by atoms with E-state index in [9.17, 15) is 0 Å². The lowest BCUT2D eigenvalue weighted by Gasteiger charge is -2.43. The van der Waals surface area contributed by atoms with Crippen molar-refractivity contribution in [1.29, 1.82) is 0 Å². The Morgan fingerprint density at radius 3 is 2.61 bits per heavy atom. The van der Waals surface area contributed by atoms with E-state index in [-0.39, 0.29) is 0 Å². The van der Waals surface area contributed by atoms with Crippen LogP contribution in [0.25, 0.3) is 0 Å². The first-order chi connectivity index (χ1) is 14.9. The second kappa shape index (κ2) is 12.8.